The molecular formula is C60H68N2. The van der Waals surface area contributed by atoms with Gasteiger partial charge in [0.05, 0.1) is 0 Å². The van der Waals surface area contributed by atoms with Crippen LogP contribution in [0.2, 0.25) is 0 Å². The van der Waals surface area contributed by atoms with E-state index in [1.54, 1.807) is 6.33 Å². The predicted molar refractivity (Wildman–Crippen MR) is 268 cm³/mol. The molecule has 2 heteroatoms. The Morgan fingerprint density at radius 1 is 0.274 bits per heavy atom. The molecule has 7 aromatic rings. The first-order chi connectivity index (χ1) is 28.9. The third kappa shape index (κ3) is 9.26. The average molecular weight is 817 g/mol. The molecule has 62 heavy (non-hydrogen) atoms. The van der Waals surface area contributed by atoms with Gasteiger partial charge in [0, 0.05) is 18.0 Å². The van der Waals surface area contributed by atoms with Crippen molar-refractivity contribution in [1.29, 1.82) is 0 Å². The molecular weight excluding hydrogens is 749 g/mol. The molecule has 0 aliphatic rings. The summed E-state index contributed by atoms with van der Waals surface area (Å²) in [7, 11) is 0. The lowest BCUT2D eigenvalue weighted by Crippen LogP contribution is -2.17. The van der Waals surface area contributed by atoms with E-state index in [2.05, 4.69) is 235 Å². The molecule has 1 aromatic heterocycles. The first-order valence-corrected chi connectivity index (χ1v) is 22.5. The highest BCUT2D eigenvalue weighted by molar-refractivity contribution is 6.03. The largest absolute Gasteiger partial charge is 0.244 e. The fraction of sp³-hybridized carbons (Fsp3) is 0.333. The van der Waals surface area contributed by atoms with Gasteiger partial charge in [-0.2, -0.15) is 0 Å². The number of hydrogen-bond donors (Lipinski definition) is 0. The lowest BCUT2D eigenvalue weighted by atomic mass is 9.71. The number of benzene rings is 6. The highest BCUT2D eigenvalue weighted by atomic mass is 14.8. The molecule has 6 aromatic carbocycles. The summed E-state index contributed by atoms with van der Waals surface area (Å²) in [5.41, 5.74) is 20.7. The Morgan fingerprint density at radius 2 is 0.645 bits per heavy atom. The van der Waals surface area contributed by atoms with Crippen molar-refractivity contribution >= 4 is 0 Å². The molecule has 0 amide bonds. The number of aromatic nitrogens is 2. The molecule has 0 fully saturated rings. The molecule has 318 valence electrons. The Hall–Kier alpha value is -5.60. The summed E-state index contributed by atoms with van der Waals surface area (Å²) in [6.07, 6.45) is 5.53. The van der Waals surface area contributed by atoms with E-state index in [-0.39, 0.29) is 27.1 Å². The van der Waals surface area contributed by atoms with Crippen molar-refractivity contribution in [2.75, 3.05) is 0 Å². The van der Waals surface area contributed by atoms with Crippen LogP contribution in [0.4, 0.5) is 0 Å². The molecule has 0 aliphatic heterocycles. The van der Waals surface area contributed by atoms with Crippen molar-refractivity contribution in [2.45, 2.75) is 131 Å². The molecule has 0 saturated heterocycles. The normalized spacial score (nSPS) is 12.8. The summed E-state index contributed by atoms with van der Waals surface area (Å²) in [5, 5.41) is 0. The van der Waals surface area contributed by atoms with Crippen LogP contribution in [-0.4, -0.2) is 9.97 Å². The zero-order valence-electron chi connectivity index (χ0n) is 40.2. The zero-order valence-corrected chi connectivity index (χ0v) is 40.2. The Balaban J connectivity index is 1.64. The summed E-state index contributed by atoms with van der Waals surface area (Å²) < 4.78 is 0. The summed E-state index contributed by atoms with van der Waals surface area (Å²) >= 11 is 0. The van der Waals surface area contributed by atoms with Gasteiger partial charge in [-0.15, -0.1) is 0 Å². The maximum absolute atomic E-state index is 4.57. The molecule has 0 unspecified atom stereocenters. The van der Waals surface area contributed by atoms with E-state index in [0.717, 1.165) is 22.3 Å². The van der Waals surface area contributed by atoms with Gasteiger partial charge in [0.1, 0.15) is 6.33 Å². The number of nitrogens with zero attached hydrogens (tertiary/aromatic N) is 2. The molecule has 0 radical (unpaired) electrons. The van der Waals surface area contributed by atoms with Crippen LogP contribution in [0.1, 0.15) is 132 Å². The summed E-state index contributed by atoms with van der Waals surface area (Å²) in [4.78, 5) is 9.14. The highest BCUT2D eigenvalue weighted by Crippen LogP contribution is 2.52. The second kappa shape index (κ2) is 16.3. The van der Waals surface area contributed by atoms with Crippen LogP contribution in [0.25, 0.3) is 66.8 Å². The predicted octanol–water partition coefficient (Wildman–Crippen LogP) is 17.0. The number of hydrogen-bond acceptors (Lipinski definition) is 2. The molecule has 0 atom stereocenters. The molecule has 0 bridgehead atoms. The van der Waals surface area contributed by atoms with Crippen LogP contribution in [-0.2, 0) is 27.1 Å². The van der Waals surface area contributed by atoms with Crippen LogP contribution >= 0.6 is 0 Å². The van der Waals surface area contributed by atoms with E-state index in [4.69, 9.17) is 0 Å². The van der Waals surface area contributed by atoms with Gasteiger partial charge in [0.15, 0.2) is 0 Å². The van der Waals surface area contributed by atoms with Crippen LogP contribution in [0.15, 0.2) is 140 Å². The Labute approximate surface area is 374 Å². The lowest BCUT2D eigenvalue weighted by molar-refractivity contribution is 0.589. The maximum atomic E-state index is 4.57. The second-order valence-electron chi connectivity index (χ2n) is 22.5. The van der Waals surface area contributed by atoms with Crippen LogP contribution in [0, 0.1) is 0 Å². The minimum atomic E-state index is -0.214. The minimum absolute atomic E-state index is 0.0218. The molecule has 0 saturated carbocycles. The SMILES string of the molecule is CC(C)(C)c1ccc(-c2ccc(-c3cc(-c4ccc(C(C)(C)C)cc4)c(C(C)(C)C)c(-c4ccc(C(C)(C)C)cc4)c3-c3ccc(C(C)(C)C)cc3)c(-c3cncnc3)c2)cc1. The molecule has 0 spiro atoms. The topological polar surface area (TPSA) is 25.8 Å². The fourth-order valence-electron chi connectivity index (χ4n) is 8.71. The monoisotopic (exact) mass is 817 g/mol. The molecule has 7 rings (SSSR count). The molecule has 1 heterocycles. The minimum Gasteiger partial charge on any atom is -0.244 e. The van der Waals surface area contributed by atoms with Crippen molar-refractivity contribution in [1.82, 2.24) is 9.97 Å². The van der Waals surface area contributed by atoms with Crippen LogP contribution in [0.3, 0.4) is 0 Å². The van der Waals surface area contributed by atoms with Gasteiger partial charge in [-0.3, -0.25) is 0 Å². The molecule has 2 nitrogen and oxygen atoms in total. The first kappa shape index (κ1) is 44.5. The van der Waals surface area contributed by atoms with Crippen LogP contribution in [0.5, 0.6) is 0 Å². The van der Waals surface area contributed by atoms with Gasteiger partial charge in [0.2, 0.25) is 0 Å². The Kier molecular flexibility index (Phi) is 11.7. The van der Waals surface area contributed by atoms with Crippen LogP contribution < -0.4 is 0 Å². The molecule has 0 N–H and O–H groups in total. The lowest BCUT2D eigenvalue weighted by Gasteiger charge is -2.32. The summed E-state index contributed by atoms with van der Waals surface area (Å²) in [6, 6.07) is 46.7. The Bertz CT molecular complexity index is 2660. The van der Waals surface area contributed by atoms with E-state index in [0.29, 0.717) is 0 Å². The van der Waals surface area contributed by atoms with Gasteiger partial charge < -0.3 is 0 Å². The average Bonchev–Trinajstić information content (AvgIpc) is 3.21. The van der Waals surface area contributed by atoms with Crippen molar-refractivity contribution in [2.24, 2.45) is 0 Å². The standard InChI is InChI=1S/C60H68N2/c1-56(2,3)45-25-16-39(17-26-45)43-24-33-49(50(34-43)44-36-61-38-62-37-44)52-35-51(40-18-27-46(28-19-40)57(4,5)6)55(60(13,14)15)54(42-22-31-48(32-23-42)59(10,11)12)53(52)41-20-29-47(30-21-41)58(7,8)9/h16-38H,1-15H3. The third-order valence-electron chi connectivity index (χ3n) is 12.5. The second-order valence-corrected chi connectivity index (χ2v) is 22.5. The van der Waals surface area contributed by atoms with Gasteiger partial charge in [-0.25, -0.2) is 9.97 Å². The smallest absolute Gasteiger partial charge is 0.115 e. The van der Waals surface area contributed by atoms with Gasteiger partial charge in [-0.05, 0) is 128 Å². The first-order valence-electron chi connectivity index (χ1n) is 22.5. The molecule has 0 aliphatic carbocycles. The van der Waals surface area contributed by atoms with Gasteiger partial charge in [0.25, 0.3) is 0 Å². The van der Waals surface area contributed by atoms with E-state index in [9.17, 15) is 0 Å². The Morgan fingerprint density at radius 3 is 1.05 bits per heavy atom. The quantitative estimate of drug-likeness (QED) is 0.167. The number of rotatable bonds is 6. The van der Waals surface area contributed by atoms with E-state index in [1.165, 1.54) is 72.3 Å². The van der Waals surface area contributed by atoms with Crippen molar-refractivity contribution in [3.63, 3.8) is 0 Å². The van der Waals surface area contributed by atoms with Gasteiger partial charge in [-0.1, -0.05) is 213 Å². The summed E-state index contributed by atoms with van der Waals surface area (Å²) in [5.74, 6) is 0. The van der Waals surface area contributed by atoms with Gasteiger partial charge >= 0.3 is 0 Å². The van der Waals surface area contributed by atoms with E-state index < -0.39 is 0 Å². The fourth-order valence-corrected chi connectivity index (χ4v) is 8.71. The van der Waals surface area contributed by atoms with Crippen molar-refractivity contribution < 1.29 is 0 Å². The van der Waals surface area contributed by atoms with Crippen molar-refractivity contribution in [3.05, 3.63) is 168 Å². The zero-order chi connectivity index (χ0) is 45.0. The van der Waals surface area contributed by atoms with E-state index in [1.807, 2.05) is 12.4 Å². The van der Waals surface area contributed by atoms with Crippen molar-refractivity contribution in [3.8, 4) is 66.8 Å². The maximum Gasteiger partial charge on any atom is 0.115 e. The van der Waals surface area contributed by atoms with E-state index >= 15 is 0 Å². The summed E-state index contributed by atoms with van der Waals surface area (Å²) in [6.45, 7) is 34.6. The third-order valence-corrected chi connectivity index (χ3v) is 12.5. The highest BCUT2D eigenvalue weighted by Gasteiger charge is 2.31.